The lowest BCUT2D eigenvalue weighted by molar-refractivity contribution is -0.385. The van der Waals surface area contributed by atoms with Gasteiger partial charge in [-0.2, -0.15) is 0 Å². The van der Waals surface area contributed by atoms with E-state index in [1.807, 2.05) is 18.2 Å². The van der Waals surface area contributed by atoms with E-state index in [1.54, 1.807) is 30.3 Å². The molecule has 1 fully saturated rings. The number of para-hydroxylation sites is 2. The Hall–Kier alpha value is -9.58. The topological polar surface area (TPSA) is 105 Å². The molecule has 10 heteroatoms. The van der Waals surface area contributed by atoms with Gasteiger partial charge in [0, 0.05) is 23.0 Å². The van der Waals surface area contributed by atoms with Crippen molar-refractivity contribution in [1.29, 1.82) is 0 Å². The molecule has 2 aliphatic carbocycles. The van der Waals surface area contributed by atoms with Crippen LogP contribution in [0.5, 0.6) is 0 Å². The van der Waals surface area contributed by atoms with Gasteiger partial charge in [-0.3, -0.25) is 20.2 Å². The van der Waals surface area contributed by atoms with Crippen LogP contribution in [0.1, 0.15) is 92.5 Å². The van der Waals surface area contributed by atoms with Gasteiger partial charge in [0.1, 0.15) is 0 Å². The van der Waals surface area contributed by atoms with Crippen molar-refractivity contribution >= 4 is 126 Å². The summed E-state index contributed by atoms with van der Waals surface area (Å²) in [6.07, 6.45) is 0. The average molecular weight is 1270 g/mol. The molecule has 0 spiro atoms. The lowest BCUT2D eigenvalue weighted by Gasteiger charge is -2.32. The number of hydrogen-bond acceptors (Lipinski definition) is 6. The van der Waals surface area contributed by atoms with Gasteiger partial charge in [-0.1, -0.05) is 243 Å². The first kappa shape index (κ1) is 61.3. The lowest BCUT2D eigenvalue weighted by atomic mass is 9.75. The second-order valence-electron chi connectivity index (χ2n) is 26.2. The van der Waals surface area contributed by atoms with E-state index in [1.165, 1.54) is 131 Å². The smallest absolute Gasteiger partial charge is 0.399 e. The number of hydrogen-bond donors (Lipinski definition) is 0. The Morgan fingerprint density at radius 2 is 0.685 bits per heavy atom. The van der Waals surface area contributed by atoms with Crippen LogP contribution in [0.3, 0.4) is 0 Å². The highest BCUT2D eigenvalue weighted by Crippen LogP contribution is 2.59. The van der Waals surface area contributed by atoms with E-state index in [4.69, 9.17) is 9.31 Å². The van der Waals surface area contributed by atoms with Crippen molar-refractivity contribution in [2.45, 2.75) is 92.3 Å². The molecule has 1 saturated heterocycles. The average Bonchev–Trinajstić information content (AvgIpc) is 1.45. The molecule has 3 aliphatic rings. The number of nitro benzene ring substituents is 2. The molecule has 92 heavy (non-hydrogen) atoms. The third-order valence-electron chi connectivity index (χ3n) is 20.0. The first-order chi connectivity index (χ1) is 43.3. The SMILES string of the molecule is C.C.CC1(C)c2ccc(-c3ccccc3[N+](=O)[O-])cc2-c2c1c1c3ccccc3c3ccccc3c1c1ccccc21.CC1(C)c2ccc(B3OC(C)(C)C(C)(C)O3)cc2-c2c1c1c3ccccc3c3ccccc3c1c1ccccc21.O=[N+]([O-])c1ccccc1Br. The molecule has 0 unspecified atom stereocenters. The highest BCUT2D eigenvalue weighted by Gasteiger charge is 2.52. The minimum absolute atomic E-state index is 0. The normalized spacial score (nSPS) is 15.0. The van der Waals surface area contributed by atoms with E-state index in [0.717, 1.165) is 16.6 Å². The molecule has 1 heterocycles. The van der Waals surface area contributed by atoms with Gasteiger partial charge in [0.05, 0.1) is 31.1 Å². The maximum atomic E-state index is 11.9. The van der Waals surface area contributed by atoms with E-state index in [-0.39, 0.29) is 60.3 Å². The minimum Gasteiger partial charge on any atom is -0.399 e. The fraction of sp³-hybridized carbons (Fsp3) is 0.171. The number of halogens is 1. The van der Waals surface area contributed by atoms with Crippen molar-refractivity contribution in [3.63, 3.8) is 0 Å². The summed E-state index contributed by atoms with van der Waals surface area (Å²) in [7, 11) is -0.390. The largest absolute Gasteiger partial charge is 0.494 e. The van der Waals surface area contributed by atoms with Crippen molar-refractivity contribution in [3.05, 3.63) is 277 Å². The van der Waals surface area contributed by atoms with E-state index >= 15 is 0 Å². The van der Waals surface area contributed by atoms with Gasteiger partial charge in [0.15, 0.2) is 0 Å². The molecule has 17 rings (SSSR count). The van der Waals surface area contributed by atoms with Crippen molar-refractivity contribution < 1.29 is 19.2 Å². The van der Waals surface area contributed by atoms with Gasteiger partial charge >= 0.3 is 7.12 Å². The molecule has 0 aromatic heterocycles. The second kappa shape index (κ2) is 22.4. The molecular weight excluding hydrogens is 1200 g/mol. The Morgan fingerprint density at radius 3 is 1.09 bits per heavy atom. The van der Waals surface area contributed by atoms with Gasteiger partial charge < -0.3 is 9.31 Å². The van der Waals surface area contributed by atoms with Crippen molar-refractivity contribution in [2.24, 2.45) is 0 Å². The van der Waals surface area contributed by atoms with E-state index < -0.39 is 4.92 Å². The molecule has 0 bridgehead atoms. The zero-order chi connectivity index (χ0) is 62.3. The van der Waals surface area contributed by atoms with Gasteiger partial charge in [-0.25, -0.2) is 0 Å². The standard InChI is InChI=1S/C37H33BO2.C37H25NO2.C6H4BrNO2.2CH4/c1-35(2)30-20-19-22(38-39-36(3,4)37(5,6)40-38)21-29(30)32-28-18-12-11-17-27(28)31-25-15-9-7-13-23(25)24-14-8-10-16-26(24)33(31)34(32)35;1-37(2)31-20-19-22(23-11-9-10-18-32(23)38(39)40)21-30(31)34-29-17-8-7-16-28(29)33-26-14-5-3-12-24(26)25-13-4-6-15-27(25)35(33)36(34)37;7-5-3-1-2-4-6(5)8(9)10;;/h7-21H,1-6H3;3-21H,1-2H3;1-4H;2*1H4. The first-order valence-corrected chi connectivity index (χ1v) is 31.4. The van der Waals surface area contributed by atoms with Crippen LogP contribution in [0.15, 0.2) is 235 Å². The highest BCUT2D eigenvalue weighted by molar-refractivity contribution is 9.10. The Balaban J connectivity index is 0.000000143. The molecule has 0 radical (unpaired) electrons. The van der Waals surface area contributed by atoms with Crippen LogP contribution in [-0.2, 0) is 20.1 Å². The highest BCUT2D eigenvalue weighted by atomic mass is 79.9. The molecule has 8 nitrogen and oxygen atoms in total. The van der Waals surface area contributed by atoms with Crippen LogP contribution in [-0.4, -0.2) is 28.2 Å². The summed E-state index contributed by atoms with van der Waals surface area (Å²) < 4.78 is 13.5. The second-order valence-corrected chi connectivity index (χ2v) is 27.0. The summed E-state index contributed by atoms with van der Waals surface area (Å²) in [5, 5.41) is 42.8. The quantitative estimate of drug-likeness (QED) is 0.0752. The molecule has 14 aromatic carbocycles. The Kier molecular flexibility index (Phi) is 14.9. The number of nitro groups is 2. The summed E-state index contributed by atoms with van der Waals surface area (Å²) in [6, 6.07) is 79.8. The molecule has 0 atom stereocenters. The molecule has 0 saturated carbocycles. The molecule has 0 N–H and O–H groups in total. The number of fused-ring (bicyclic) bond motifs is 26. The third-order valence-corrected chi connectivity index (χ3v) is 20.7. The monoisotopic (exact) mass is 1270 g/mol. The zero-order valence-corrected chi connectivity index (χ0v) is 52.8. The van der Waals surface area contributed by atoms with E-state index in [2.05, 4.69) is 247 Å². The fourth-order valence-corrected chi connectivity index (χ4v) is 15.6. The predicted molar refractivity (Wildman–Crippen MR) is 390 cm³/mol. The fourth-order valence-electron chi connectivity index (χ4n) is 15.2. The Morgan fingerprint density at radius 1 is 0.359 bits per heavy atom. The Bertz CT molecular complexity index is 5420. The summed E-state index contributed by atoms with van der Waals surface area (Å²) in [5.41, 5.74) is 12.0. The van der Waals surface area contributed by atoms with Gasteiger partial charge in [-0.05, 0) is 204 Å². The number of nitrogens with zero attached hydrogens (tertiary/aromatic N) is 2. The lowest BCUT2D eigenvalue weighted by Crippen LogP contribution is -2.41. The van der Waals surface area contributed by atoms with Crippen LogP contribution < -0.4 is 5.46 Å². The maximum Gasteiger partial charge on any atom is 0.494 e. The summed E-state index contributed by atoms with van der Waals surface area (Å²) in [6.45, 7) is 17.9. The number of benzene rings is 14. The predicted octanol–water partition coefficient (Wildman–Crippen LogP) is 22.7. The van der Waals surface area contributed by atoms with Crippen molar-refractivity contribution in [2.75, 3.05) is 0 Å². The molecule has 14 aromatic rings. The molecular formula is C82H70BBrN2O6. The van der Waals surface area contributed by atoms with Gasteiger partial charge in [-0.15, -0.1) is 0 Å². The van der Waals surface area contributed by atoms with Gasteiger partial charge in [0.25, 0.3) is 11.4 Å². The molecule has 0 amide bonds. The van der Waals surface area contributed by atoms with Crippen LogP contribution in [0.4, 0.5) is 11.4 Å². The number of rotatable bonds is 4. The first-order valence-electron chi connectivity index (χ1n) is 30.6. The molecule has 454 valence electrons. The van der Waals surface area contributed by atoms with Crippen molar-refractivity contribution in [1.82, 2.24) is 0 Å². The summed E-state index contributed by atoms with van der Waals surface area (Å²) >= 11 is 3.06. The van der Waals surface area contributed by atoms with E-state index in [0.29, 0.717) is 10.0 Å². The maximum absolute atomic E-state index is 11.9. The van der Waals surface area contributed by atoms with Crippen LogP contribution in [0, 0.1) is 20.2 Å². The summed E-state index contributed by atoms with van der Waals surface area (Å²) in [5.74, 6) is 0. The van der Waals surface area contributed by atoms with Crippen molar-refractivity contribution in [3.8, 4) is 33.4 Å². The van der Waals surface area contributed by atoms with E-state index in [9.17, 15) is 20.2 Å². The third kappa shape index (κ3) is 9.15. The van der Waals surface area contributed by atoms with Crippen LogP contribution >= 0.6 is 15.9 Å². The van der Waals surface area contributed by atoms with Gasteiger partial charge in [0.2, 0.25) is 0 Å². The molecule has 1 aliphatic heterocycles. The van der Waals surface area contributed by atoms with Crippen LogP contribution in [0.2, 0.25) is 0 Å². The van der Waals surface area contributed by atoms with Crippen LogP contribution in [0.25, 0.3) is 120 Å². The minimum atomic E-state index is -0.427. The zero-order valence-electron chi connectivity index (χ0n) is 51.2. The summed E-state index contributed by atoms with van der Waals surface area (Å²) in [4.78, 5) is 21.4. The Labute approximate surface area is 545 Å².